The van der Waals surface area contributed by atoms with Gasteiger partial charge < -0.3 is 5.32 Å². The standard InChI is InChI=1S/C15H12BrF2NO/c1-2-9-3-5-11(6-4-9)19-15(20)14-12(17)7-10(16)8-13(14)18/h3-8H,2H2,1H3,(H,19,20). The van der Waals surface area contributed by atoms with Crippen LogP contribution >= 0.6 is 15.9 Å². The number of nitrogens with one attached hydrogen (secondary N) is 1. The van der Waals surface area contributed by atoms with E-state index in [-0.39, 0.29) is 4.47 Å². The van der Waals surface area contributed by atoms with Crippen LogP contribution in [0, 0.1) is 11.6 Å². The van der Waals surface area contributed by atoms with Crippen molar-refractivity contribution < 1.29 is 13.6 Å². The molecule has 2 aromatic rings. The van der Waals surface area contributed by atoms with Crippen molar-refractivity contribution in [3.8, 4) is 0 Å². The molecule has 0 aliphatic carbocycles. The third-order valence-electron chi connectivity index (χ3n) is 2.85. The molecule has 0 aromatic heterocycles. The summed E-state index contributed by atoms with van der Waals surface area (Å²) in [6.07, 6.45) is 0.879. The maximum atomic E-state index is 13.7. The second-order valence-electron chi connectivity index (χ2n) is 4.25. The highest BCUT2D eigenvalue weighted by Gasteiger charge is 2.18. The minimum Gasteiger partial charge on any atom is -0.322 e. The fraction of sp³-hybridized carbons (Fsp3) is 0.133. The van der Waals surface area contributed by atoms with Crippen LogP contribution in [0.15, 0.2) is 40.9 Å². The van der Waals surface area contributed by atoms with Crippen LogP contribution in [0.1, 0.15) is 22.8 Å². The van der Waals surface area contributed by atoms with Gasteiger partial charge in [0.1, 0.15) is 17.2 Å². The summed E-state index contributed by atoms with van der Waals surface area (Å²) in [5.41, 5.74) is 1.02. The van der Waals surface area contributed by atoms with Crippen molar-refractivity contribution in [3.63, 3.8) is 0 Å². The van der Waals surface area contributed by atoms with E-state index in [0.29, 0.717) is 5.69 Å². The number of rotatable bonds is 3. The molecule has 1 N–H and O–H groups in total. The lowest BCUT2D eigenvalue weighted by Crippen LogP contribution is -2.16. The molecule has 2 rings (SSSR count). The van der Waals surface area contributed by atoms with Gasteiger partial charge in [-0.25, -0.2) is 8.78 Å². The lowest BCUT2D eigenvalue weighted by atomic mass is 10.1. The van der Waals surface area contributed by atoms with Crippen molar-refractivity contribution in [2.24, 2.45) is 0 Å². The molecule has 0 atom stereocenters. The molecular formula is C15H12BrF2NO. The van der Waals surface area contributed by atoms with E-state index in [0.717, 1.165) is 24.1 Å². The van der Waals surface area contributed by atoms with Crippen LogP contribution in [0.2, 0.25) is 0 Å². The maximum Gasteiger partial charge on any atom is 0.261 e. The highest BCUT2D eigenvalue weighted by molar-refractivity contribution is 9.10. The first kappa shape index (κ1) is 14.7. The molecule has 0 saturated carbocycles. The van der Waals surface area contributed by atoms with Gasteiger partial charge in [-0.05, 0) is 36.2 Å². The zero-order valence-corrected chi connectivity index (χ0v) is 12.3. The summed E-state index contributed by atoms with van der Waals surface area (Å²) in [5, 5.41) is 2.48. The molecule has 5 heteroatoms. The van der Waals surface area contributed by atoms with Crippen LogP contribution in [-0.4, -0.2) is 5.91 Å². The normalized spacial score (nSPS) is 10.4. The Balaban J connectivity index is 2.23. The highest BCUT2D eigenvalue weighted by atomic mass is 79.9. The first-order valence-electron chi connectivity index (χ1n) is 6.06. The van der Waals surface area contributed by atoms with Gasteiger partial charge >= 0.3 is 0 Å². The quantitative estimate of drug-likeness (QED) is 0.873. The summed E-state index contributed by atoms with van der Waals surface area (Å²) in [7, 11) is 0. The number of anilines is 1. The van der Waals surface area contributed by atoms with Crippen LogP contribution < -0.4 is 5.32 Å². The highest BCUT2D eigenvalue weighted by Crippen LogP contribution is 2.21. The maximum absolute atomic E-state index is 13.7. The molecule has 104 valence electrons. The van der Waals surface area contributed by atoms with Crippen molar-refractivity contribution in [2.45, 2.75) is 13.3 Å². The van der Waals surface area contributed by atoms with Crippen LogP contribution in [0.4, 0.5) is 14.5 Å². The van der Waals surface area contributed by atoms with Crippen molar-refractivity contribution in [3.05, 3.63) is 63.6 Å². The minimum absolute atomic E-state index is 0.247. The number of hydrogen-bond donors (Lipinski definition) is 1. The van der Waals surface area contributed by atoms with Gasteiger partial charge in [-0.1, -0.05) is 35.0 Å². The predicted octanol–water partition coefficient (Wildman–Crippen LogP) is 4.54. The number of amides is 1. The van der Waals surface area contributed by atoms with Gasteiger partial charge in [0.05, 0.1) is 0 Å². The molecule has 0 bridgehead atoms. The van der Waals surface area contributed by atoms with E-state index in [9.17, 15) is 13.6 Å². The predicted molar refractivity (Wildman–Crippen MR) is 77.8 cm³/mol. The van der Waals surface area contributed by atoms with E-state index in [1.165, 1.54) is 0 Å². The van der Waals surface area contributed by atoms with Crippen LogP contribution in [0.25, 0.3) is 0 Å². The SMILES string of the molecule is CCc1ccc(NC(=O)c2c(F)cc(Br)cc2F)cc1. The van der Waals surface area contributed by atoms with Crippen molar-refractivity contribution in [2.75, 3.05) is 5.32 Å². The third-order valence-corrected chi connectivity index (χ3v) is 3.31. The molecule has 2 nitrogen and oxygen atoms in total. The monoisotopic (exact) mass is 339 g/mol. The summed E-state index contributed by atoms with van der Waals surface area (Å²) in [5.74, 6) is -2.61. The summed E-state index contributed by atoms with van der Waals surface area (Å²) < 4.78 is 27.6. The number of carbonyl (C=O) groups is 1. The number of carbonyl (C=O) groups excluding carboxylic acids is 1. The Morgan fingerprint density at radius 1 is 1.15 bits per heavy atom. The van der Waals surface area contributed by atoms with Crippen molar-refractivity contribution in [1.82, 2.24) is 0 Å². The Morgan fingerprint density at radius 2 is 1.70 bits per heavy atom. The molecule has 0 unspecified atom stereocenters. The first-order chi connectivity index (χ1) is 9.51. The van der Waals surface area contributed by atoms with Gasteiger partial charge in [-0.15, -0.1) is 0 Å². The lowest BCUT2D eigenvalue weighted by molar-refractivity contribution is 0.101. The molecule has 20 heavy (non-hydrogen) atoms. The van der Waals surface area contributed by atoms with E-state index < -0.39 is 23.1 Å². The Hall–Kier alpha value is -1.75. The first-order valence-corrected chi connectivity index (χ1v) is 6.85. The summed E-state index contributed by atoms with van der Waals surface area (Å²) in [6, 6.07) is 9.21. The third kappa shape index (κ3) is 3.22. The fourth-order valence-corrected chi connectivity index (χ4v) is 2.18. The largest absolute Gasteiger partial charge is 0.322 e. The summed E-state index contributed by atoms with van der Waals surface area (Å²) >= 11 is 2.97. The number of aryl methyl sites for hydroxylation is 1. The van der Waals surface area contributed by atoms with Gasteiger partial charge in [0, 0.05) is 10.2 Å². The van der Waals surface area contributed by atoms with Gasteiger partial charge in [-0.3, -0.25) is 4.79 Å². The van der Waals surface area contributed by atoms with Crippen LogP contribution in [0.5, 0.6) is 0 Å². The summed E-state index contributed by atoms with van der Waals surface area (Å²) in [6.45, 7) is 2.01. The van der Waals surface area contributed by atoms with Crippen molar-refractivity contribution >= 4 is 27.5 Å². The second kappa shape index (κ2) is 6.13. The van der Waals surface area contributed by atoms with Crippen molar-refractivity contribution in [1.29, 1.82) is 0 Å². The van der Waals surface area contributed by atoms with E-state index in [1.807, 2.05) is 19.1 Å². The van der Waals surface area contributed by atoms with E-state index in [2.05, 4.69) is 21.2 Å². The zero-order valence-electron chi connectivity index (χ0n) is 10.7. The Bertz CT molecular complexity index is 618. The second-order valence-corrected chi connectivity index (χ2v) is 5.16. The van der Waals surface area contributed by atoms with Gasteiger partial charge in [0.25, 0.3) is 5.91 Å². The minimum atomic E-state index is -0.903. The number of benzene rings is 2. The smallest absolute Gasteiger partial charge is 0.261 e. The van der Waals surface area contributed by atoms with E-state index >= 15 is 0 Å². The zero-order chi connectivity index (χ0) is 14.7. The lowest BCUT2D eigenvalue weighted by Gasteiger charge is -2.08. The average Bonchev–Trinajstić information content (AvgIpc) is 2.38. The Labute approximate surface area is 123 Å². The fourth-order valence-electron chi connectivity index (χ4n) is 1.78. The molecule has 1 amide bonds. The molecule has 0 radical (unpaired) electrons. The average molecular weight is 340 g/mol. The van der Waals surface area contributed by atoms with E-state index in [4.69, 9.17) is 0 Å². The van der Waals surface area contributed by atoms with Crippen LogP contribution in [0.3, 0.4) is 0 Å². The van der Waals surface area contributed by atoms with E-state index in [1.54, 1.807) is 12.1 Å². The molecule has 0 saturated heterocycles. The number of hydrogen-bond acceptors (Lipinski definition) is 1. The summed E-state index contributed by atoms with van der Waals surface area (Å²) in [4.78, 5) is 11.9. The topological polar surface area (TPSA) is 29.1 Å². The molecule has 0 heterocycles. The molecule has 0 spiro atoms. The molecule has 2 aromatic carbocycles. The molecule has 0 fully saturated rings. The Morgan fingerprint density at radius 3 is 2.20 bits per heavy atom. The van der Waals surface area contributed by atoms with Gasteiger partial charge in [0.15, 0.2) is 0 Å². The Kier molecular flexibility index (Phi) is 4.49. The van der Waals surface area contributed by atoms with Crippen LogP contribution in [-0.2, 0) is 6.42 Å². The van der Waals surface area contributed by atoms with Gasteiger partial charge in [0.2, 0.25) is 0 Å². The molecular weight excluding hydrogens is 328 g/mol. The number of halogens is 3. The molecule has 0 aliphatic rings. The molecule has 0 aliphatic heterocycles. The van der Waals surface area contributed by atoms with Gasteiger partial charge in [-0.2, -0.15) is 0 Å².